The van der Waals surface area contributed by atoms with E-state index in [0.29, 0.717) is 28.6 Å². The van der Waals surface area contributed by atoms with Crippen LogP contribution in [0.4, 0.5) is 0 Å². The minimum absolute atomic E-state index is 0.00685. The quantitative estimate of drug-likeness (QED) is 0.157. The SMILES string of the molecule is CCCCCCCCCc1c(OCOC)cc(OCOC)c2c1OC(c1ccc(OCOC)cc1)CC2=O. The van der Waals surface area contributed by atoms with Gasteiger partial charge in [-0.1, -0.05) is 57.6 Å². The van der Waals surface area contributed by atoms with Crippen LogP contribution in [0.2, 0.25) is 0 Å². The van der Waals surface area contributed by atoms with Crippen LogP contribution in [0.15, 0.2) is 30.3 Å². The number of fused-ring (bicyclic) bond motifs is 1. The molecule has 0 amide bonds. The zero-order valence-corrected chi connectivity index (χ0v) is 23.2. The number of unbranched alkanes of at least 4 members (excludes halogenated alkanes) is 6. The van der Waals surface area contributed by atoms with E-state index in [1.54, 1.807) is 20.3 Å². The Morgan fingerprint density at radius 2 is 1.39 bits per heavy atom. The van der Waals surface area contributed by atoms with Gasteiger partial charge in [0.2, 0.25) is 0 Å². The van der Waals surface area contributed by atoms with E-state index in [9.17, 15) is 4.79 Å². The molecule has 2 aromatic carbocycles. The summed E-state index contributed by atoms with van der Waals surface area (Å²) in [6.45, 7) is 2.48. The molecule has 3 rings (SSSR count). The van der Waals surface area contributed by atoms with Crippen LogP contribution in [0.1, 0.15) is 85.9 Å². The normalized spacial score (nSPS) is 14.6. The van der Waals surface area contributed by atoms with Crippen molar-refractivity contribution in [2.45, 2.75) is 70.8 Å². The summed E-state index contributed by atoms with van der Waals surface area (Å²) < 4.78 is 39.1. The molecule has 0 aromatic heterocycles. The maximum Gasteiger partial charge on any atom is 0.188 e. The first-order valence-electron chi connectivity index (χ1n) is 13.5. The van der Waals surface area contributed by atoms with E-state index in [1.807, 2.05) is 24.3 Å². The van der Waals surface area contributed by atoms with Crippen LogP contribution in [0, 0.1) is 0 Å². The Labute approximate surface area is 226 Å². The van der Waals surface area contributed by atoms with E-state index < -0.39 is 6.10 Å². The molecule has 0 fully saturated rings. The topological polar surface area (TPSA) is 81.7 Å². The Kier molecular flexibility index (Phi) is 12.7. The zero-order valence-electron chi connectivity index (χ0n) is 23.2. The van der Waals surface area contributed by atoms with Crippen molar-refractivity contribution in [1.82, 2.24) is 0 Å². The first-order valence-corrected chi connectivity index (χ1v) is 13.5. The van der Waals surface area contributed by atoms with Gasteiger partial charge in [0.05, 0.1) is 6.42 Å². The second-order valence-electron chi connectivity index (χ2n) is 9.38. The van der Waals surface area contributed by atoms with Crippen LogP contribution in [-0.4, -0.2) is 47.5 Å². The molecule has 0 bridgehead atoms. The zero-order chi connectivity index (χ0) is 27.2. The Hall–Kier alpha value is -2.81. The maximum atomic E-state index is 13.5. The summed E-state index contributed by atoms with van der Waals surface area (Å²) in [7, 11) is 4.69. The van der Waals surface area contributed by atoms with Gasteiger partial charge in [0, 0.05) is 33.0 Å². The molecule has 1 unspecified atom stereocenters. The second kappa shape index (κ2) is 16.2. The Morgan fingerprint density at radius 3 is 2.05 bits per heavy atom. The number of ether oxygens (including phenoxy) is 7. The van der Waals surface area contributed by atoms with Crippen molar-refractivity contribution in [2.24, 2.45) is 0 Å². The number of Topliss-reactive ketones (excluding diaryl/α,β-unsaturated/α-hetero) is 1. The fraction of sp³-hybridized carbons (Fsp3) is 0.567. The standard InChI is InChI=1S/C30H42O8/c1-5-6-7-8-9-10-11-12-24-27(36-20-33-3)18-28(37-21-34-4)29-25(31)17-26(38-30(24)29)22-13-15-23(16-14-22)35-19-32-2/h13-16,18,26H,5-12,17,19-21H2,1-4H3. The minimum atomic E-state index is -0.438. The van der Waals surface area contributed by atoms with Crippen LogP contribution < -0.4 is 18.9 Å². The minimum Gasteiger partial charge on any atom is -0.484 e. The summed E-state index contributed by atoms with van der Waals surface area (Å²) in [5.74, 6) is 2.16. The third kappa shape index (κ3) is 8.35. The smallest absolute Gasteiger partial charge is 0.188 e. The van der Waals surface area contributed by atoms with Crippen LogP contribution in [0.5, 0.6) is 23.0 Å². The van der Waals surface area contributed by atoms with Gasteiger partial charge in [0.1, 0.15) is 34.7 Å². The van der Waals surface area contributed by atoms with Gasteiger partial charge in [-0.3, -0.25) is 4.79 Å². The number of rotatable bonds is 18. The average Bonchev–Trinajstić information content (AvgIpc) is 2.94. The molecule has 0 aliphatic carbocycles. The summed E-state index contributed by atoms with van der Waals surface area (Å²) >= 11 is 0. The van der Waals surface area contributed by atoms with Crippen molar-refractivity contribution in [3.8, 4) is 23.0 Å². The van der Waals surface area contributed by atoms with Gasteiger partial charge in [-0.2, -0.15) is 0 Å². The Balaban J connectivity index is 1.89. The molecule has 1 aliphatic heterocycles. The van der Waals surface area contributed by atoms with E-state index in [4.69, 9.17) is 33.2 Å². The van der Waals surface area contributed by atoms with Gasteiger partial charge in [0.25, 0.3) is 0 Å². The third-order valence-corrected chi connectivity index (χ3v) is 6.51. The van der Waals surface area contributed by atoms with E-state index in [2.05, 4.69) is 6.92 Å². The van der Waals surface area contributed by atoms with Crippen LogP contribution in [0.3, 0.4) is 0 Å². The molecule has 0 saturated carbocycles. The highest BCUT2D eigenvalue weighted by molar-refractivity contribution is 6.03. The number of benzene rings is 2. The fourth-order valence-corrected chi connectivity index (χ4v) is 4.58. The molecule has 0 N–H and O–H groups in total. The summed E-state index contributed by atoms with van der Waals surface area (Å²) in [5.41, 5.74) is 2.20. The second-order valence-corrected chi connectivity index (χ2v) is 9.38. The van der Waals surface area contributed by atoms with E-state index >= 15 is 0 Å². The molecule has 0 spiro atoms. The number of ketones is 1. The van der Waals surface area contributed by atoms with Gasteiger partial charge in [-0.25, -0.2) is 0 Å². The highest BCUT2D eigenvalue weighted by atomic mass is 16.7. The van der Waals surface area contributed by atoms with E-state index in [-0.39, 0.29) is 32.6 Å². The molecule has 8 nitrogen and oxygen atoms in total. The monoisotopic (exact) mass is 530 g/mol. The molecule has 2 aromatic rings. The lowest BCUT2D eigenvalue weighted by molar-refractivity contribution is 0.0433. The lowest BCUT2D eigenvalue weighted by Crippen LogP contribution is -2.23. The van der Waals surface area contributed by atoms with Crippen molar-refractivity contribution < 1.29 is 38.0 Å². The molecule has 0 radical (unpaired) electrons. The molecular weight excluding hydrogens is 488 g/mol. The van der Waals surface area contributed by atoms with Crippen molar-refractivity contribution >= 4 is 5.78 Å². The largest absolute Gasteiger partial charge is 0.484 e. The summed E-state index contributed by atoms with van der Waals surface area (Å²) in [4.78, 5) is 13.5. The van der Waals surface area contributed by atoms with Gasteiger partial charge in [-0.05, 0) is 30.5 Å². The molecule has 210 valence electrons. The third-order valence-electron chi connectivity index (χ3n) is 6.51. The number of hydrogen-bond acceptors (Lipinski definition) is 8. The maximum absolute atomic E-state index is 13.5. The van der Waals surface area contributed by atoms with E-state index in [1.165, 1.54) is 39.2 Å². The van der Waals surface area contributed by atoms with Crippen molar-refractivity contribution in [3.63, 3.8) is 0 Å². The average molecular weight is 531 g/mol. The summed E-state index contributed by atoms with van der Waals surface area (Å²) in [6.07, 6.45) is 8.77. The predicted octanol–water partition coefficient (Wildman–Crippen LogP) is 6.63. The summed E-state index contributed by atoms with van der Waals surface area (Å²) in [6, 6.07) is 9.29. The molecule has 0 saturated heterocycles. The van der Waals surface area contributed by atoms with Crippen molar-refractivity contribution in [2.75, 3.05) is 41.7 Å². The highest BCUT2D eigenvalue weighted by Crippen LogP contribution is 2.46. The Morgan fingerprint density at radius 1 is 0.789 bits per heavy atom. The molecule has 1 aliphatic rings. The first-order chi connectivity index (χ1) is 18.6. The predicted molar refractivity (Wildman–Crippen MR) is 144 cm³/mol. The first kappa shape index (κ1) is 29.7. The van der Waals surface area contributed by atoms with Crippen molar-refractivity contribution in [1.29, 1.82) is 0 Å². The molecule has 38 heavy (non-hydrogen) atoms. The molecule has 1 atom stereocenters. The number of methoxy groups -OCH3 is 3. The van der Waals surface area contributed by atoms with E-state index in [0.717, 1.165) is 30.4 Å². The van der Waals surface area contributed by atoms with Gasteiger partial charge < -0.3 is 33.2 Å². The van der Waals surface area contributed by atoms with Gasteiger partial charge >= 0.3 is 0 Å². The fourth-order valence-electron chi connectivity index (χ4n) is 4.58. The highest BCUT2D eigenvalue weighted by Gasteiger charge is 2.34. The Bertz CT molecular complexity index is 989. The van der Waals surface area contributed by atoms with Crippen LogP contribution in [-0.2, 0) is 20.6 Å². The summed E-state index contributed by atoms with van der Waals surface area (Å²) in [5, 5.41) is 0. The number of carbonyl (C=O) groups is 1. The van der Waals surface area contributed by atoms with Gasteiger partial charge in [0.15, 0.2) is 26.2 Å². The number of hydrogen-bond donors (Lipinski definition) is 0. The molecule has 8 heteroatoms. The lowest BCUT2D eigenvalue weighted by Gasteiger charge is -2.30. The molecule has 1 heterocycles. The molecular formula is C30H42O8. The van der Waals surface area contributed by atoms with Gasteiger partial charge in [-0.15, -0.1) is 0 Å². The number of carbonyl (C=O) groups excluding carboxylic acids is 1. The van der Waals surface area contributed by atoms with Crippen molar-refractivity contribution in [3.05, 3.63) is 47.0 Å². The lowest BCUT2D eigenvalue weighted by atomic mass is 9.91. The van der Waals surface area contributed by atoms with Crippen LogP contribution >= 0.6 is 0 Å². The van der Waals surface area contributed by atoms with Crippen LogP contribution in [0.25, 0.3) is 0 Å².